The SMILES string of the molecule is c1ccc(-c2nc(-c3ccccc3)nc(-c3ccc4c(c3)oc3c(-c5ccc6c7ccc(-c8ccc9c%10ccccc%10c%10ccccc%10c9c8)cc7n(-c7ccccc7)c6c5)cccc34)n2)cc1. The molecule has 0 atom stereocenters. The van der Waals surface area contributed by atoms with Crippen molar-refractivity contribution >= 4 is 76.1 Å². The van der Waals surface area contributed by atoms with Crippen molar-refractivity contribution in [2.24, 2.45) is 0 Å². The highest BCUT2D eigenvalue weighted by Gasteiger charge is 2.20. The lowest BCUT2D eigenvalue weighted by molar-refractivity contribution is 0.670. The van der Waals surface area contributed by atoms with E-state index in [-0.39, 0.29) is 0 Å². The zero-order valence-corrected chi connectivity index (χ0v) is 36.6. The van der Waals surface area contributed by atoms with Crippen molar-refractivity contribution in [3.8, 4) is 62.1 Å². The lowest BCUT2D eigenvalue weighted by Crippen LogP contribution is -2.00. The highest BCUT2D eigenvalue weighted by molar-refractivity contribution is 6.26. The molecule has 0 unspecified atom stereocenters. The Morgan fingerprint density at radius 2 is 0.721 bits per heavy atom. The molecule has 0 saturated carbocycles. The Bertz CT molecular complexity index is 4210. The molecule has 0 amide bonds. The normalized spacial score (nSPS) is 11.8. The van der Waals surface area contributed by atoms with E-state index in [0.29, 0.717) is 17.5 Å². The van der Waals surface area contributed by atoms with Crippen molar-refractivity contribution in [2.45, 2.75) is 0 Å². The van der Waals surface area contributed by atoms with Gasteiger partial charge in [-0.05, 0) is 91.5 Å². The third-order valence-electron chi connectivity index (χ3n) is 13.6. The van der Waals surface area contributed by atoms with Gasteiger partial charge in [-0.2, -0.15) is 0 Å². The summed E-state index contributed by atoms with van der Waals surface area (Å²) in [7, 11) is 0. The standard InChI is InChI=1S/C63H38N4O/c1-4-15-39(16-5-1)61-64-62(40-17-6-2-7-18-40)66-63(65-61)44-30-34-54-55-26-14-25-46(60(55)68-59(54)38-44)43-29-33-53-52-32-28-42(36-57(52)67(58(53)37-43)45-19-8-3-9-20-45)41-27-31-51-49-23-11-10-21-47(49)48-22-12-13-24-50(48)56(51)35-41/h1-38H. The van der Waals surface area contributed by atoms with Gasteiger partial charge in [0.05, 0.1) is 11.0 Å². The molecule has 0 aliphatic rings. The highest BCUT2D eigenvalue weighted by atomic mass is 16.3. The molecule has 0 spiro atoms. The number of aromatic nitrogens is 4. The van der Waals surface area contributed by atoms with E-state index in [4.69, 9.17) is 19.4 Å². The average Bonchev–Trinajstić information content (AvgIpc) is 3.96. The first kappa shape index (κ1) is 38.1. The second-order valence-electron chi connectivity index (χ2n) is 17.5. The summed E-state index contributed by atoms with van der Waals surface area (Å²) in [5.74, 6) is 1.83. The Morgan fingerprint density at radius 3 is 1.34 bits per heavy atom. The molecule has 14 rings (SSSR count). The van der Waals surface area contributed by atoms with Gasteiger partial charge in [-0.25, -0.2) is 15.0 Å². The number of rotatable bonds is 6. The van der Waals surface area contributed by atoms with E-state index in [1.807, 2.05) is 60.7 Å². The second-order valence-corrected chi connectivity index (χ2v) is 17.5. The maximum atomic E-state index is 6.88. The fraction of sp³-hybridized carbons (Fsp3) is 0. The molecule has 0 saturated heterocycles. The fourth-order valence-electron chi connectivity index (χ4n) is 10.4. The average molecular weight is 867 g/mol. The molecule has 0 fully saturated rings. The van der Waals surface area contributed by atoms with E-state index in [2.05, 4.69) is 174 Å². The van der Waals surface area contributed by atoms with Gasteiger partial charge in [0.1, 0.15) is 11.2 Å². The lowest BCUT2D eigenvalue weighted by Gasteiger charge is -2.13. The molecular weight excluding hydrogens is 829 g/mol. The van der Waals surface area contributed by atoms with Crippen molar-refractivity contribution in [3.63, 3.8) is 0 Å². The van der Waals surface area contributed by atoms with Crippen LogP contribution >= 0.6 is 0 Å². The summed E-state index contributed by atoms with van der Waals surface area (Å²) in [5, 5.41) is 12.1. The molecule has 5 nitrogen and oxygen atoms in total. The topological polar surface area (TPSA) is 56.7 Å². The van der Waals surface area contributed by atoms with Crippen LogP contribution in [0, 0.1) is 0 Å². The van der Waals surface area contributed by atoms with Crippen LogP contribution in [0.4, 0.5) is 0 Å². The summed E-state index contributed by atoms with van der Waals surface area (Å²) in [5.41, 5.74) is 12.2. The first-order chi connectivity index (χ1) is 33.7. The molecule has 3 heterocycles. The van der Waals surface area contributed by atoms with E-state index in [0.717, 1.165) is 66.5 Å². The Kier molecular flexibility index (Phi) is 8.52. The predicted octanol–water partition coefficient (Wildman–Crippen LogP) is 16.7. The summed E-state index contributed by atoms with van der Waals surface area (Å²) in [4.78, 5) is 14.9. The monoisotopic (exact) mass is 866 g/mol. The van der Waals surface area contributed by atoms with Gasteiger partial charge in [-0.1, -0.05) is 188 Å². The maximum Gasteiger partial charge on any atom is 0.164 e. The third kappa shape index (κ3) is 6.06. The molecular formula is C63H38N4O. The molecule has 0 radical (unpaired) electrons. The van der Waals surface area contributed by atoms with Crippen molar-refractivity contribution in [2.75, 3.05) is 0 Å². The van der Waals surface area contributed by atoms with Crippen LogP contribution in [0.15, 0.2) is 235 Å². The Morgan fingerprint density at radius 1 is 0.279 bits per heavy atom. The van der Waals surface area contributed by atoms with Gasteiger partial charge < -0.3 is 8.98 Å². The number of benzene rings is 11. The van der Waals surface area contributed by atoms with Crippen LogP contribution in [0.3, 0.4) is 0 Å². The summed E-state index contributed by atoms with van der Waals surface area (Å²) >= 11 is 0. The third-order valence-corrected chi connectivity index (χ3v) is 13.6. The quantitative estimate of drug-likeness (QED) is 0.156. The number of nitrogens with zero attached hydrogens (tertiary/aromatic N) is 4. The minimum Gasteiger partial charge on any atom is -0.455 e. The first-order valence-corrected chi connectivity index (χ1v) is 23.0. The Balaban J connectivity index is 0.907. The summed E-state index contributed by atoms with van der Waals surface area (Å²) in [6.45, 7) is 0. The van der Waals surface area contributed by atoms with Crippen LogP contribution < -0.4 is 0 Å². The van der Waals surface area contributed by atoms with Crippen LogP contribution in [0.1, 0.15) is 0 Å². The van der Waals surface area contributed by atoms with Gasteiger partial charge in [0.15, 0.2) is 17.5 Å². The Hall–Kier alpha value is -9.19. The molecule has 0 aliphatic carbocycles. The molecule has 0 bridgehead atoms. The Labute approximate surface area is 390 Å². The van der Waals surface area contributed by atoms with Gasteiger partial charge in [0.2, 0.25) is 0 Å². The number of para-hydroxylation sites is 2. The van der Waals surface area contributed by atoms with Crippen molar-refractivity contribution in [1.82, 2.24) is 19.5 Å². The zero-order valence-electron chi connectivity index (χ0n) is 36.6. The van der Waals surface area contributed by atoms with Crippen LogP contribution in [0.5, 0.6) is 0 Å². The summed E-state index contributed by atoms with van der Waals surface area (Å²) in [6, 6.07) is 81.8. The molecule has 3 aromatic heterocycles. The van der Waals surface area contributed by atoms with E-state index in [9.17, 15) is 0 Å². The molecule has 316 valence electrons. The van der Waals surface area contributed by atoms with Crippen LogP contribution in [-0.4, -0.2) is 19.5 Å². The van der Waals surface area contributed by atoms with Gasteiger partial charge in [-0.3, -0.25) is 0 Å². The minimum absolute atomic E-state index is 0.588. The second kappa shape index (κ2) is 15.2. The lowest BCUT2D eigenvalue weighted by atomic mass is 9.92. The van der Waals surface area contributed by atoms with E-state index >= 15 is 0 Å². The van der Waals surface area contributed by atoms with Crippen molar-refractivity contribution in [1.29, 1.82) is 0 Å². The number of fused-ring (bicyclic) bond motifs is 12. The zero-order chi connectivity index (χ0) is 44.7. The highest BCUT2D eigenvalue weighted by Crippen LogP contribution is 2.42. The fourth-order valence-corrected chi connectivity index (χ4v) is 10.4. The summed E-state index contributed by atoms with van der Waals surface area (Å²) < 4.78 is 9.29. The summed E-state index contributed by atoms with van der Waals surface area (Å²) in [6.07, 6.45) is 0. The van der Waals surface area contributed by atoms with Crippen LogP contribution in [0.25, 0.3) is 138 Å². The molecule has 68 heavy (non-hydrogen) atoms. The molecule has 14 aromatic rings. The van der Waals surface area contributed by atoms with Gasteiger partial charge in [0.25, 0.3) is 0 Å². The van der Waals surface area contributed by atoms with Crippen LogP contribution in [-0.2, 0) is 0 Å². The predicted molar refractivity (Wildman–Crippen MR) is 281 cm³/mol. The maximum absolute atomic E-state index is 6.88. The van der Waals surface area contributed by atoms with E-state index in [1.165, 1.54) is 54.2 Å². The minimum atomic E-state index is 0.588. The van der Waals surface area contributed by atoms with Gasteiger partial charge in [-0.15, -0.1) is 0 Å². The number of hydrogen-bond acceptors (Lipinski definition) is 4. The first-order valence-electron chi connectivity index (χ1n) is 23.0. The van der Waals surface area contributed by atoms with Gasteiger partial charge in [0, 0.05) is 49.5 Å². The number of hydrogen-bond donors (Lipinski definition) is 0. The number of furan rings is 1. The molecule has 11 aromatic carbocycles. The smallest absolute Gasteiger partial charge is 0.164 e. The van der Waals surface area contributed by atoms with Crippen molar-refractivity contribution in [3.05, 3.63) is 231 Å². The van der Waals surface area contributed by atoms with Crippen molar-refractivity contribution < 1.29 is 4.42 Å². The molecule has 5 heteroatoms. The van der Waals surface area contributed by atoms with Gasteiger partial charge >= 0.3 is 0 Å². The largest absolute Gasteiger partial charge is 0.455 e. The van der Waals surface area contributed by atoms with E-state index < -0.39 is 0 Å². The van der Waals surface area contributed by atoms with E-state index in [1.54, 1.807) is 0 Å². The van der Waals surface area contributed by atoms with Crippen LogP contribution in [0.2, 0.25) is 0 Å². The molecule has 0 aliphatic heterocycles. The molecule has 0 N–H and O–H groups in total.